The number of rotatable bonds is 5. The second-order valence-corrected chi connectivity index (χ2v) is 9.77. The Labute approximate surface area is 300 Å². The van der Waals surface area contributed by atoms with Crippen LogP contribution in [0.25, 0.3) is 12.2 Å². The van der Waals surface area contributed by atoms with E-state index in [4.69, 9.17) is 11.6 Å². The Morgan fingerprint density at radius 1 is 0.674 bits per heavy atom. The fraction of sp³-hybridized carbons (Fsp3) is 0. The quantitative estimate of drug-likeness (QED) is 0.108. The molecule has 46 heavy (non-hydrogen) atoms. The van der Waals surface area contributed by atoms with Crippen LogP contribution in [0.2, 0.25) is 5.02 Å². The molecule has 6 rings (SSSR count). The van der Waals surface area contributed by atoms with Crippen molar-refractivity contribution in [3.8, 4) is 11.5 Å². The third-order valence-electron chi connectivity index (χ3n) is 6.45. The van der Waals surface area contributed by atoms with E-state index >= 15 is 0 Å². The van der Waals surface area contributed by atoms with E-state index < -0.39 is 4.92 Å². The first-order valence-electron chi connectivity index (χ1n) is 13.0. The van der Waals surface area contributed by atoms with Gasteiger partial charge < -0.3 is 10.2 Å². The van der Waals surface area contributed by atoms with Crippen LogP contribution in [0.5, 0.6) is 11.5 Å². The first-order valence-corrected chi connectivity index (χ1v) is 13.4. The number of nitro groups is 1. The van der Waals surface area contributed by atoms with Crippen LogP contribution >= 0.6 is 11.6 Å². The molecule has 11 nitrogen and oxygen atoms in total. The van der Waals surface area contributed by atoms with Gasteiger partial charge in [-0.3, -0.25) is 30.6 Å². The maximum absolute atomic E-state index is 12.0. The molecular weight excluding hydrogens is 661 g/mol. The van der Waals surface area contributed by atoms with Crippen LogP contribution < -0.4 is 40.4 Å². The fourth-order valence-electron chi connectivity index (χ4n) is 4.26. The number of halogens is 1. The zero-order chi connectivity index (χ0) is 31.2. The summed E-state index contributed by atoms with van der Waals surface area (Å²) in [5.41, 5.74) is 9.27. The number of allylic oxidation sites excluding steroid dienone is 2. The predicted molar refractivity (Wildman–Crippen MR) is 169 cm³/mol. The molecule has 0 radical (unpaired) electrons. The fourth-order valence-corrected chi connectivity index (χ4v) is 4.43. The van der Waals surface area contributed by atoms with E-state index in [0.717, 1.165) is 22.8 Å². The third-order valence-corrected chi connectivity index (χ3v) is 6.69. The molecule has 2 aliphatic rings. The predicted octanol–water partition coefficient (Wildman–Crippen LogP) is 3.17. The normalized spacial score (nSPS) is 14.2. The number of non-ortho nitro benzene ring substituents is 1. The summed E-state index contributed by atoms with van der Waals surface area (Å²) >= 11 is 5.87. The van der Waals surface area contributed by atoms with Crippen molar-refractivity contribution in [3.05, 3.63) is 134 Å². The molecular formula is C32H22ClCrN5NaO6+. The summed E-state index contributed by atoms with van der Waals surface area (Å²) in [7, 11) is 0. The van der Waals surface area contributed by atoms with Gasteiger partial charge in [0, 0.05) is 39.6 Å². The number of hydrazone groups is 2. The molecule has 0 aliphatic heterocycles. The zero-order valence-corrected chi connectivity index (χ0v) is 28.1. The van der Waals surface area contributed by atoms with Crippen LogP contribution in [0.1, 0.15) is 22.3 Å². The van der Waals surface area contributed by atoms with Gasteiger partial charge in [-0.15, -0.1) is 0 Å². The van der Waals surface area contributed by atoms with E-state index in [2.05, 4.69) is 21.1 Å². The second kappa shape index (κ2) is 16.2. The number of phenols is 2. The number of benzene rings is 4. The topological polar surface area (TPSA) is 167 Å². The largest absolute Gasteiger partial charge is 1.00 e. The molecule has 0 atom stereocenters. The summed E-state index contributed by atoms with van der Waals surface area (Å²) in [6.07, 6.45) is 6.35. The minimum atomic E-state index is -0.610. The van der Waals surface area contributed by atoms with Crippen LogP contribution in [-0.2, 0) is 27.0 Å². The van der Waals surface area contributed by atoms with Crippen LogP contribution in [0.15, 0.2) is 107 Å². The van der Waals surface area contributed by atoms with Gasteiger partial charge in [0.05, 0.1) is 22.4 Å². The number of nitrogens with zero attached hydrogens (tertiary/aromatic N) is 3. The number of carbonyl (C=O) groups excluding carboxylic acids is 2. The average molecular weight is 683 g/mol. The number of anilines is 2. The second-order valence-electron chi connectivity index (χ2n) is 9.33. The van der Waals surface area contributed by atoms with E-state index in [9.17, 15) is 29.9 Å². The first-order chi connectivity index (χ1) is 21.2. The van der Waals surface area contributed by atoms with Crippen LogP contribution in [0, 0.1) is 10.1 Å². The number of carbonyl (C=O) groups is 2. The van der Waals surface area contributed by atoms with Crippen molar-refractivity contribution < 1.29 is 71.6 Å². The Morgan fingerprint density at radius 3 is 1.72 bits per heavy atom. The van der Waals surface area contributed by atoms with Gasteiger partial charge in [-0.1, -0.05) is 72.3 Å². The molecule has 4 aromatic carbocycles. The Bertz CT molecular complexity index is 1950. The first kappa shape index (κ1) is 35.9. The molecule has 0 aromatic heterocycles. The molecule has 0 saturated carbocycles. The van der Waals surface area contributed by atoms with Gasteiger partial charge in [0.2, 0.25) is 11.6 Å². The summed E-state index contributed by atoms with van der Waals surface area (Å²) in [6.45, 7) is 0. The molecule has 224 valence electrons. The van der Waals surface area contributed by atoms with Gasteiger partial charge in [-0.25, -0.2) is 0 Å². The summed E-state index contributed by atoms with van der Waals surface area (Å²) < 4.78 is 0. The Kier molecular flexibility index (Phi) is 12.6. The monoisotopic (exact) mass is 682 g/mol. The van der Waals surface area contributed by atoms with E-state index in [1.54, 1.807) is 30.4 Å². The molecule has 0 heterocycles. The zero-order valence-electron chi connectivity index (χ0n) is 24.0. The number of aromatic hydroxyl groups is 2. The molecule has 0 fully saturated rings. The van der Waals surface area contributed by atoms with Gasteiger partial charge in [0.1, 0.15) is 22.9 Å². The van der Waals surface area contributed by atoms with Crippen molar-refractivity contribution in [2.75, 3.05) is 10.9 Å². The number of ketones is 2. The van der Waals surface area contributed by atoms with E-state index in [1.807, 2.05) is 36.4 Å². The van der Waals surface area contributed by atoms with Crippen molar-refractivity contribution in [2.24, 2.45) is 10.2 Å². The number of nitro benzene ring substituents is 1. The van der Waals surface area contributed by atoms with E-state index in [0.29, 0.717) is 22.0 Å². The standard InChI is InChI=1S/C16H11ClN2O2.C16H11N3O4.Cr.Na/c17-11-6-8-14(20)13(9-11)18-19-16-12-4-2-1-3-10(12)5-7-15(16)21;20-14-8-5-10-3-1-2-4-12(10)16(14)18-17-13-7-6-11(19(22)23)9-15(13)21;;/h1-9,18,20H;1-9,17,21H;;/q;;;+1/b19-16-;18-16-;;. The Hall–Kier alpha value is -4.54. The number of fused-ring (bicyclic) bond motifs is 2. The average Bonchev–Trinajstić information content (AvgIpc) is 3.02. The van der Waals surface area contributed by atoms with Gasteiger partial charge >= 0.3 is 29.6 Å². The van der Waals surface area contributed by atoms with Gasteiger partial charge in [-0.2, -0.15) is 10.2 Å². The number of nitrogens with one attached hydrogen (secondary N) is 2. The van der Waals surface area contributed by atoms with Crippen molar-refractivity contribution in [3.63, 3.8) is 0 Å². The number of hydrogen-bond donors (Lipinski definition) is 4. The van der Waals surface area contributed by atoms with Crippen LogP contribution in [0.4, 0.5) is 17.1 Å². The molecule has 0 saturated heterocycles. The summed E-state index contributed by atoms with van der Waals surface area (Å²) in [6, 6.07) is 22.9. The summed E-state index contributed by atoms with van der Waals surface area (Å²) in [5, 5.41) is 38.8. The van der Waals surface area contributed by atoms with Gasteiger partial charge in [0.25, 0.3) is 5.69 Å². The Morgan fingerprint density at radius 2 is 1.20 bits per heavy atom. The molecule has 0 spiro atoms. The smallest absolute Gasteiger partial charge is 0.506 e. The molecule has 4 N–H and O–H groups in total. The van der Waals surface area contributed by atoms with Gasteiger partial charge in [-0.05, 0) is 47.5 Å². The van der Waals surface area contributed by atoms with E-state index in [-0.39, 0.29) is 87.1 Å². The minimum absolute atomic E-state index is 0. The molecule has 2 aliphatic carbocycles. The maximum Gasteiger partial charge on any atom is 1.00 e. The molecule has 0 unspecified atom stereocenters. The minimum Gasteiger partial charge on any atom is -0.506 e. The van der Waals surface area contributed by atoms with Crippen molar-refractivity contribution >= 4 is 63.8 Å². The maximum atomic E-state index is 12.0. The van der Waals surface area contributed by atoms with Crippen molar-refractivity contribution in [1.82, 2.24) is 0 Å². The summed E-state index contributed by atoms with van der Waals surface area (Å²) in [4.78, 5) is 34.0. The van der Waals surface area contributed by atoms with Crippen molar-refractivity contribution in [2.45, 2.75) is 0 Å². The van der Waals surface area contributed by atoms with Crippen LogP contribution in [-0.4, -0.2) is 38.1 Å². The third kappa shape index (κ3) is 8.38. The molecule has 14 heteroatoms. The number of hydrogen-bond acceptors (Lipinski definition) is 10. The van der Waals surface area contributed by atoms with E-state index in [1.165, 1.54) is 36.4 Å². The SMILES string of the molecule is O=C1C=Cc2ccccc2/C1=N/Nc1cc(Cl)ccc1O.O=C1C=Cc2ccccc2/C1=N/Nc1ccc([N+](=O)[O-])cc1O.[Cr].[Na+]. The Balaban J connectivity index is 0.000000241. The number of phenolic OH excluding ortho intramolecular Hbond substituents is 2. The molecule has 4 aromatic rings. The van der Waals surface area contributed by atoms with Gasteiger partial charge in [0.15, 0.2) is 0 Å². The van der Waals surface area contributed by atoms with Crippen molar-refractivity contribution in [1.29, 1.82) is 0 Å². The molecule has 0 amide bonds. The molecule has 0 bridgehead atoms. The van der Waals surface area contributed by atoms with Crippen LogP contribution in [0.3, 0.4) is 0 Å². The summed E-state index contributed by atoms with van der Waals surface area (Å²) in [5.74, 6) is -0.771.